The summed E-state index contributed by atoms with van der Waals surface area (Å²) in [4.78, 5) is 22.2. The molecule has 0 aromatic carbocycles. The van der Waals surface area contributed by atoms with E-state index in [9.17, 15) is 9.59 Å². The molecular formula is C10H19N2O4. The molecule has 0 aromatic rings. The zero-order valence-corrected chi connectivity index (χ0v) is 10.6. The molecule has 0 aliphatic carbocycles. The predicted octanol–water partition coefficient (Wildman–Crippen LogP) is 1.97. The molecule has 0 aromatic heterocycles. The van der Waals surface area contributed by atoms with Gasteiger partial charge in [-0.15, -0.1) is 0 Å². The molecule has 1 radical (unpaired) electrons. The summed E-state index contributed by atoms with van der Waals surface area (Å²) in [6.45, 7) is 10.2. The summed E-state index contributed by atoms with van der Waals surface area (Å²) in [5.41, 5.74) is 3.88. The van der Waals surface area contributed by atoms with Crippen molar-refractivity contribution in [1.29, 1.82) is 0 Å². The lowest BCUT2D eigenvalue weighted by atomic mass is 10.2. The molecule has 16 heavy (non-hydrogen) atoms. The van der Waals surface area contributed by atoms with Gasteiger partial charge in [0.2, 0.25) is 0 Å². The molecule has 0 atom stereocenters. The summed E-state index contributed by atoms with van der Waals surface area (Å²) in [5, 5.41) is 0. The van der Waals surface area contributed by atoms with Gasteiger partial charge in [-0.3, -0.25) is 0 Å². The van der Waals surface area contributed by atoms with Gasteiger partial charge in [0.15, 0.2) is 0 Å². The SMILES string of the molecule is CC(C)(C)OC(=O)[N]NC(=O)OC(C)(C)C. The van der Waals surface area contributed by atoms with Crippen molar-refractivity contribution >= 4 is 12.2 Å². The second-order valence-corrected chi connectivity index (χ2v) is 5.21. The van der Waals surface area contributed by atoms with E-state index in [1.807, 2.05) is 5.43 Å². The summed E-state index contributed by atoms with van der Waals surface area (Å²) in [7, 11) is 0. The largest absolute Gasteiger partial charge is 0.451 e. The average molecular weight is 231 g/mol. The van der Waals surface area contributed by atoms with Crippen LogP contribution >= 0.6 is 0 Å². The number of hydrogen-bond donors (Lipinski definition) is 1. The van der Waals surface area contributed by atoms with Crippen LogP contribution in [-0.2, 0) is 9.47 Å². The Morgan fingerprint density at radius 2 is 1.38 bits per heavy atom. The van der Waals surface area contributed by atoms with Crippen LogP contribution in [0.5, 0.6) is 0 Å². The van der Waals surface area contributed by atoms with Crippen molar-refractivity contribution in [1.82, 2.24) is 10.9 Å². The number of carbonyl (C=O) groups is 2. The van der Waals surface area contributed by atoms with Gasteiger partial charge in [-0.25, -0.2) is 15.0 Å². The summed E-state index contributed by atoms with van der Waals surface area (Å²) >= 11 is 0. The summed E-state index contributed by atoms with van der Waals surface area (Å²) in [6, 6.07) is 0. The number of hydrogen-bond acceptors (Lipinski definition) is 4. The van der Waals surface area contributed by atoms with E-state index in [4.69, 9.17) is 9.47 Å². The number of rotatable bonds is 0. The first-order valence-electron chi connectivity index (χ1n) is 4.92. The number of carbonyl (C=O) groups excluding carboxylic acids is 2. The van der Waals surface area contributed by atoms with E-state index in [1.165, 1.54) is 0 Å². The molecule has 0 unspecified atom stereocenters. The van der Waals surface area contributed by atoms with E-state index < -0.39 is 23.4 Å². The molecule has 2 amide bonds. The fourth-order valence-electron chi connectivity index (χ4n) is 0.677. The third kappa shape index (κ3) is 9.11. The van der Waals surface area contributed by atoms with Crippen molar-refractivity contribution in [2.24, 2.45) is 0 Å². The van der Waals surface area contributed by atoms with Crippen LogP contribution in [0.25, 0.3) is 0 Å². The van der Waals surface area contributed by atoms with Crippen LogP contribution in [0.2, 0.25) is 0 Å². The van der Waals surface area contributed by atoms with Crippen LogP contribution in [0, 0.1) is 0 Å². The van der Waals surface area contributed by atoms with Crippen molar-refractivity contribution in [2.45, 2.75) is 52.7 Å². The fourth-order valence-corrected chi connectivity index (χ4v) is 0.677. The Hall–Kier alpha value is -1.46. The maximum atomic E-state index is 11.1. The summed E-state index contributed by atoms with van der Waals surface area (Å²) in [5.74, 6) is 0. The average Bonchev–Trinajstić information content (AvgIpc) is 1.94. The lowest BCUT2D eigenvalue weighted by Crippen LogP contribution is -2.41. The first-order chi connectivity index (χ1) is 6.99. The highest BCUT2D eigenvalue weighted by molar-refractivity contribution is 5.73. The molecule has 0 fully saturated rings. The first kappa shape index (κ1) is 14.5. The third-order valence-corrected chi connectivity index (χ3v) is 1.03. The normalized spacial score (nSPS) is 11.6. The van der Waals surface area contributed by atoms with Crippen LogP contribution in [0.1, 0.15) is 41.5 Å². The van der Waals surface area contributed by atoms with Crippen molar-refractivity contribution in [3.8, 4) is 0 Å². The topological polar surface area (TPSA) is 78.7 Å². The molecule has 0 aliphatic heterocycles. The molecule has 6 nitrogen and oxygen atoms in total. The van der Waals surface area contributed by atoms with Gasteiger partial charge in [-0.05, 0) is 41.5 Å². The second kappa shape index (κ2) is 5.05. The van der Waals surface area contributed by atoms with Gasteiger partial charge in [-0.2, -0.15) is 0 Å². The highest BCUT2D eigenvalue weighted by Gasteiger charge is 2.20. The molecule has 1 N–H and O–H groups in total. The molecule has 93 valence electrons. The summed E-state index contributed by atoms with van der Waals surface area (Å²) < 4.78 is 9.71. The quantitative estimate of drug-likeness (QED) is 0.646. The van der Waals surface area contributed by atoms with Crippen LogP contribution in [0.15, 0.2) is 0 Å². The number of nitrogens with one attached hydrogen (secondary N) is 1. The first-order valence-corrected chi connectivity index (χ1v) is 4.92. The molecule has 0 saturated heterocycles. The monoisotopic (exact) mass is 231 g/mol. The minimum Gasteiger partial charge on any atom is -0.443 e. The van der Waals surface area contributed by atoms with E-state index >= 15 is 0 Å². The highest BCUT2D eigenvalue weighted by atomic mass is 16.6. The van der Waals surface area contributed by atoms with E-state index in [2.05, 4.69) is 5.43 Å². The van der Waals surface area contributed by atoms with Crippen LogP contribution in [-0.4, -0.2) is 23.4 Å². The molecule has 0 saturated carbocycles. The number of amides is 2. The van der Waals surface area contributed by atoms with E-state index in [-0.39, 0.29) is 0 Å². The van der Waals surface area contributed by atoms with Crippen LogP contribution in [0.4, 0.5) is 9.59 Å². The minimum atomic E-state index is -0.863. The van der Waals surface area contributed by atoms with Crippen molar-refractivity contribution in [3.63, 3.8) is 0 Å². The van der Waals surface area contributed by atoms with Crippen LogP contribution in [0.3, 0.4) is 0 Å². The van der Waals surface area contributed by atoms with Crippen LogP contribution < -0.4 is 10.9 Å². The van der Waals surface area contributed by atoms with Gasteiger partial charge >= 0.3 is 12.2 Å². The van der Waals surface area contributed by atoms with Gasteiger partial charge < -0.3 is 9.47 Å². The zero-order valence-electron chi connectivity index (χ0n) is 10.6. The Morgan fingerprint density at radius 3 is 1.75 bits per heavy atom. The van der Waals surface area contributed by atoms with Crippen molar-refractivity contribution in [2.75, 3.05) is 0 Å². The van der Waals surface area contributed by atoms with Gasteiger partial charge in [0.25, 0.3) is 0 Å². The maximum Gasteiger partial charge on any atom is 0.451 e. The Labute approximate surface area is 95.6 Å². The minimum absolute atomic E-state index is 0.631. The van der Waals surface area contributed by atoms with E-state index in [0.29, 0.717) is 0 Å². The Balaban J connectivity index is 3.90. The van der Waals surface area contributed by atoms with Gasteiger partial charge in [0.05, 0.1) is 0 Å². The standard InChI is InChI=1S/C10H19N2O4/c1-9(2,3)15-7(13)11-12-8(14)16-10(4,5)6/h1-6H3,(H,11,13). The zero-order chi connectivity index (χ0) is 13.0. The smallest absolute Gasteiger partial charge is 0.443 e. The fraction of sp³-hybridized carbons (Fsp3) is 0.800. The molecular weight excluding hydrogens is 212 g/mol. The third-order valence-electron chi connectivity index (χ3n) is 1.03. The molecule has 0 heterocycles. The molecule has 0 bridgehead atoms. The lowest BCUT2D eigenvalue weighted by Gasteiger charge is -2.20. The number of ether oxygens (including phenoxy) is 2. The van der Waals surface area contributed by atoms with Crippen molar-refractivity contribution < 1.29 is 19.1 Å². The maximum absolute atomic E-state index is 11.1. The van der Waals surface area contributed by atoms with E-state index in [1.54, 1.807) is 41.5 Å². The predicted molar refractivity (Wildman–Crippen MR) is 57.7 cm³/mol. The number of nitrogens with zero attached hydrogens (tertiary/aromatic N) is 1. The van der Waals surface area contributed by atoms with Crippen molar-refractivity contribution in [3.05, 3.63) is 0 Å². The second-order valence-electron chi connectivity index (χ2n) is 5.21. The molecule has 0 aliphatic rings. The van der Waals surface area contributed by atoms with Gasteiger partial charge in [-0.1, -0.05) is 5.43 Å². The molecule has 0 spiro atoms. The molecule has 0 rings (SSSR count). The Kier molecular flexibility index (Phi) is 4.59. The highest BCUT2D eigenvalue weighted by Crippen LogP contribution is 2.07. The Morgan fingerprint density at radius 1 is 0.938 bits per heavy atom. The van der Waals surface area contributed by atoms with Gasteiger partial charge in [0.1, 0.15) is 11.2 Å². The molecule has 6 heteroatoms. The Bertz CT molecular complexity index is 235. The van der Waals surface area contributed by atoms with Gasteiger partial charge in [0, 0.05) is 0 Å². The summed E-state index contributed by atoms with van der Waals surface area (Å²) in [6.07, 6.45) is -1.66. The lowest BCUT2D eigenvalue weighted by molar-refractivity contribution is 0.0354. The van der Waals surface area contributed by atoms with E-state index in [0.717, 1.165) is 0 Å².